The van der Waals surface area contributed by atoms with Gasteiger partial charge >= 0.3 is 0 Å². The van der Waals surface area contributed by atoms with Crippen molar-refractivity contribution in [3.05, 3.63) is 46.6 Å². The van der Waals surface area contributed by atoms with Crippen LogP contribution in [-0.4, -0.2) is 12.0 Å². The Hall–Kier alpha value is -0.690. The van der Waals surface area contributed by atoms with Gasteiger partial charge in [0.25, 0.3) is 0 Å². The van der Waals surface area contributed by atoms with Crippen molar-refractivity contribution in [3.8, 4) is 0 Å². The summed E-state index contributed by atoms with van der Waals surface area (Å²) in [4.78, 5) is 0. The van der Waals surface area contributed by atoms with E-state index in [1.165, 1.54) is 60.8 Å². The molecule has 0 nitrogen and oxygen atoms in total. The quantitative estimate of drug-likeness (QED) is 0.355. The second-order valence-corrected chi connectivity index (χ2v) is 7.41. The zero-order chi connectivity index (χ0) is 16.8. The molecule has 22 heavy (non-hydrogen) atoms. The Labute approximate surface area is 143 Å². The zero-order valence-corrected chi connectivity index (χ0v) is 16.5. The molecule has 0 saturated heterocycles. The molecule has 0 bridgehead atoms. The van der Waals surface area contributed by atoms with Crippen LogP contribution in [0.3, 0.4) is 0 Å². The Kier molecular flexibility index (Phi) is 13.5. The maximum atomic E-state index is 2.42. The molecule has 0 heterocycles. The van der Waals surface area contributed by atoms with Gasteiger partial charge in [-0.1, -0.05) is 46.6 Å². The highest BCUT2D eigenvalue weighted by Gasteiger charge is 1.93. The average molecular weight is 321 g/mol. The summed E-state index contributed by atoms with van der Waals surface area (Å²) >= 11 is 1.89. The van der Waals surface area contributed by atoms with Gasteiger partial charge in [0, 0.05) is 5.75 Å². The predicted molar refractivity (Wildman–Crippen MR) is 107 cm³/mol. The van der Waals surface area contributed by atoms with Gasteiger partial charge < -0.3 is 0 Å². The molecule has 0 amide bonds. The summed E-state index contributed by atoms with van der Waals surface area (Å²) in [6, 6.07) is 0. The van der Waals surface area contributed by atoms with Gasteiger partial charge in [-0.2, -0.15) is 11.8 Å². The van der Waals surface area contributed by atoms with Crippen LogP contribution in [0.15, 0.2) is 46.6 Å². The lowest BCUT2D eigenvalue weighted by Crippen LogP contribution is -1.82. The molecule has 0 aromatic rings. The van der Waals surface area contributed by atoms with Gasteiger partial charge in [0.2, 0.25) is 0 Å². The summed E-state index contributed by atoms with van der Waals surface area (Å²) in [6.45, 7) is 11.1. The predicted octanol–water partition coefficient (Wildman–Crippen LogP) is 7.50. The van der Waals surface area contributed by atoms with Crippen LogP contribution in [0.4, 0.5) is 0 Å². The molecule has 0 aromatic carbocycles. The number of hydrogen-bond acceptors (Lipinski definition) is 1. The molecule has 0 radical (unpaired) electrons. The summed E-state index contributed by atoms with van der Waals surface area (Å²) < 4.78 is 0. The molecule has 0 aromatic heterocycles. The third kappa shape index (κ3) is 14.3. The number of hydrogen-bond donors (Lipinski definition) is 0. The summed E-state index contributed by atoms with van der Waals surface area (Å²) in [5, 5.41) is 0. The van der Waals surface area contributed by atoms with E-state index in [0.29, 0.717) is 0 Å². The molecule has 0 unspecified atom stereocenters. The van der Waals surface area contributed by atoms with Gasteiger partial charge in [0.05, 0.1) is 0 Å². The minimum absolute atomic E-state index is 1.14. The van der Waals surface area contributed by atoms with Crippen molar-refractivity contribution in [1.29, 1.82) is 0 Å². The van der Waals surface area contributed by atoms with Gasteiger partial charge in [-0.3, -0.25) is 0 Å². The largest absolute Gasteiger partial charge is 0.161 e. The molecule has 0 aliphatic rings. The molecular formula is C21H36S. The third-order valence-corrected chi connectivity index (χ3v) is 4.25. The molecule has 0 rings (SSSR count). The minimum Gasteiger partial charge on any atom is -0.161 e. The van der Waals surface area contributed by atoms with Gasteiger partial charge in [0.1, 0.15) is 0 Å². The Morgan fingerprint density at radius 2 is 1.05 bits per heavy atom. The van der Waals surface area contributed by atoms with Crippen molar-refractivity contribution < 1.29 is 0 Å². The fraction of sp³-hybridized carbons (Fsp3) is 0.619. The topological polar surface area (TPSA) is 0 Å². The zero-order valence-electron chi connectivity index (χ0n) is 15.7. The van der Waals surface area contributed by atoms with E-state index in [1.54, 1.807) is 0 Å². The van der Waals surface area contributed by atoms with Gasteiger partial charge in [-0.25, -0.2) is 0 Å². The molecule has 1 heteroatoms. The second kappa shape index (κ2) is 13.9. The van der Waals surface area contributed by atoms with Crippen LogP contribution < -0.4 is 0 Å². The first-order chi connectivity index (χ1) is 10.5. The molecule has 0 saturated carbocycles. The van der Waals surface area contributed by atoms with E-state index in [0.717, 1.165) is 5.75 Å². The lowest BCUT2D eigenvalue weighted by Gasteiger charge is -2.02. The van der Waals surface area contributed by atoms with Crippen LogP contribution in [0, 0.1) is 0 Å². The minimum atomic E-state index is 1.14. The third-order valence-electron chi connectivity index (χ3n) is 3.75. The van der Waals surface area contributed by atoms with E-state index in [4.69, 9.17) is 0 Å². The van der Waals surface area contributed by atoms with E-state index in [9.17, 15) is 0 Å². The fourth-order valence-corrected chi connectivity index (χ4v) is 2.66. The van der Waals surface area contributed by atoms with Crippen molar-refractivity contribution in [3.63, 3.8) is 0 Å². The summed E-state index contributed by atoms with van der Waals surface area (Å²) in [7, 11) is 0. The van der Waals surface area contributed by atoms with Crippen LogP contribution >= 0.6 is 11.8 Å². The molecule has 0 atom stereocenters. The second-order valence-electron chi connectivity index (χ2n) is 6.50. The van der Waals surface area contributed by atoms with Gasteiger partial charge in [0.15, 0.2) is 0 Å². The van der Waals surface area contributed by atoms with Gasteiger partial charge in [-0.15, -0.1) is 0 Å². The fourth-order valence-electron chi connectivity index (χ4n) is 2.21. The van der Waals surface area contributed by atoms with Gasteiger partial charge in [-0.05, 0) is 79.4 Å². The SMILES string of the molecule is CSC/C=C(\C)CC/C=C(\C)CC/C=C(\C)CCC=C(C)C. The number of rotatable bonds is 11. The lowest BCUT2D eigenvalue weighted by atomic mass is 10.0. The standard InChI is InChI=1S/C21H36S/c1-18(2)10-7-11-19(3)12-8-13-20(4)14-9-15-21(5)16-17-22-6/h10,12,14,16H,7-9,11,13,15,17H2,1-6H3/b19-12+,20-14+,21-16+. The highest BCUT2D eigenvalue weighted by molar-refractivity contribution is 7.98. The molecule has 126 valence electrons. The number of thioether (sulfide) groups is 1. The summed E-state index contributed by atoms with van der Waals surface area (Å²) in [5.74, 6) is 1.14. The normalized spacial score (nSPS) is 13.5. The molecule has 0 N–H and O–H groups in total. The van der Waals surface area contributed by atoms with Crippen molar-refractivity contribution in [2.24, 2.45) is 0 Å². The lowest BCUT2D eigenvalue weighted by molar-refractivity contribution is 0.899. The van der Waals surface area contributed by atoms with Crippen LogP contribution in [0.25, 0.3) is 0 Å². The van der Waals surface area contributed by atoms with E-state index < -0.39 is 0 Å². The van der Waals surface area contributed by atoms with E-state index in [-0.39, 0.29) is 0 Å². The maximum absolute atomic E-state index is 2.42. The molecule has 0 aliphatic heterocycles. The molecule has 0 aliphatic carbocycles. The molecule has 0 fully saturated rings. The van der Waals surface area contributed by atoms with Crippen molar-refractivity contribution in [2.45, 2.75) is 73.1 Å². The van der Waals surface area contributed by atoms with Crippen molar-refractivity contribution in [1.82, 2.24) is 0 Å². The van der Waals surface area contributed by atoms with Crippen LogP contribution in [-0.2, 0) is 0 Å². The number of allylic oxidation sites excluding steroid dienone is 7. The maximum Gasteiger partial charge on any atom is 0.0113 e. The van der Waals surface area contributed by atoms with E-state index in [2.05, 4.69) is 65.2 Å². The highest BCUT2D eigenvalue weighted by atomic mass is 32.2. The van der Waals surface area contributed by atoms with Crippen LogP contribution in [0.2, 0.25) is 0 Å². The molecule has 0 spiro atoms. The average Bonchev–Trinajstić information content (AvgIpc) is 2.44. The van der Waals surface area contributed by atoms with Crippen molar-refractivity contribution in [2.75, 3.05) is 12.0 Å². The van der Waals surface area contributed by atoms with Crippen molar-refractivity contribution >= 4 is 11.8 Å². The highest BCUT2D eigenvalue weighted by Crippen LogP contribution is 2.13. The summed E-state index contributed by atoms with van der Waals surface area (Å²) in [6.07, 6.45) is 18.8. The Morgan fingerprint density at radius 1 is 0.636 bits per heavy atom. The first-order valence-electron chi connectivity index (χ1n) is 8.55. The van der Waals surface area contributed by atoms with Crippen LogP contribution in [0.1, 0.15) is 73.1 Å². The Bertz CT molecular complexity index is 404. The first-order valence-corrected chi connectivity index (χ1v) is 9.94. The van der Waals surface area contributed by atoms with Crippen LogP contribution in [0.5, 0.6) is 0 Å². The Morgan fingerprint density at radius 3 is 1.45 bits per heavy atom. The van der Waals surface area contributed by atoms with E-state index in [1.807, 2.05) is 11.8 Å². The monoisotopic (exact) mass is 320 g/mol. The molecular weight excluding hydrogens is 284 g/mol. The Balaban J connectivity index is 3.94. The smallest absolute Gasteiger partial charge is 0.0113 e. The van der Waals surface area contributed by atoms with E-state index >= 15 is 0 Å². The first kappa shape index (κ1) is 21.3. The summed E-state index contributed by atoms with van der Waals surface area (Å²) in [5.41, 5.74) is 6.01.